The zero-order chi connectivity index (χ0) is 35.1. The third-order valence-electron chi connectivity index (χ3n) is 10.6. The van der Waals surface area contributed by atoms with Gasteiger partial charge in [-0.3, -0.25) is 0 Å². The molecule has 0 unspecified atom stereocenters. The number of anilines is 3. The van der Waals surface area contributed by atoms with Crippen LogP contribution >= 0.6 is 0 Å². The third-order valence-corrected chi connectivity index (χ3v) is 10.6. The minimum absolute atomic E-state index is 1.11. The van der Waals surface area contributed by atoms with Crippen LogP contribution in [-0.4, -0.2) is 0 Å². The number of rotatable bonds is 6. The van der Waals surface area contributed by atoms with E-state index in [-0.39, 0.29) is 0 Å². The van der Waals surface area contributed by atoms with Crippen LogP contribution in [0.5, 0.6) is 0 Å². The fourth-order valence-corrected chi connectivity index (χ4v) is 8.11. The van der Waals surface area contributed by atoms with Crippen molar-refractivity contribution < 1.29 is 0 Å². The molecule has 0 atom stereocenters. The summed E-state index contributed by atoms with van der Waals surface area (Å²) < 4.78 is 0. The number of nitrogens with zero attached hydrogens (tertiary/aromatic N) is 1. The fraction of sp³-hybridized carbons (Fsp3) is 0. The molecule has 0 radical (unpaired) electrons. The molecule has 10 aromatic carbocycles. The van der Waals surface area contributed by atoms with Crippen molar-refractivity contribution in [3.8, 4) is 33.4 Å². The van der Waals surface area contributed by atoms with Crippen molar-refractivity contribution in [3.05, 3.63) is 212 Å². The van der Waals surface area contributed by atoms with Crippen LogP contribution in [0.1, 0.15) is 0 Å². The van der Waals surface area contributed by atoms with Gasteiger partial charge < -0.3 is 4.90 Å². The molecule has 10 rings (SSSR count). The molecule has 0 aliphatic carbocycles. The van der Waals surface area contributed by atoms with Gasteiger partial charge in [0, 0.05) is 16.8 Å². The topological polar surface area (TPSA) is 3.24 Å². The maximum absolute atomic E-state index is 2.40. The van der Waals surface area contributed by atoms with Gasteiger partial charge in [-0.25, -0.2) is 0 Å². The SMILES string of the molecule is c1ccc(-c2ccc(N(c3ccc(-c4cccc5ccc6ccc7ccccc7c6c45)cc3)c3ccc(-c4ccccc4)c4ccccc34)cc2)cc1. The van der Waals surface area contributed by atoms with Crippen LogP contribution < -0.4 is 4.90 Å². The maximum Gasteiger partial charge on any atom is 0.0540 e. The fourth-order valence-electron chi connectivity index (χ4n) is 8.11. The lowest BCUT2D eigenvalue weighted by Crippen LogP contribution is -2.10. The van der Waals surface area contributed by atoms with Gasteiger partial charge in [0.2, 0.25) is 0 Å². The standard InChI is InChI=1S/C52H35N/c1-3-12-36(13-4-1)37-26-30-43(31-27-37)53(50-35-34-45(38-14-5-2-6-15-38)48-19-9-10-20-49(48)50)44-32-28-40(29-33-44)47-21-11-17-41-24-25-42-23-22-39-16-7-8-18-46(39)52(42)51(41)47/h1-35H. The largest absolute Gasteiger partial charge is 0.310 e. The molecule has 0 N–H and O–H groups in total. The van der Waals surface area contributed by atoms with Gasteiger partial charge in [-0.05, 0) is 101 Å². The summed E-state index contributed by atoms with van der Waals surface area (Å²) in [6.07, 6.45) is 0. The number of hydrogen-bond donors (Lipinski definition) is 0. The number of fused-ring (bicyclic) bond motifs is 6. The van der Waals surface area contributed by atoms with Crippen molar-refractivity contribution in [2.75, 3.05) is 4.90 Å². The Hall–Kier alpha value is -6.96. The Morgan fingerprint density at radius 1 is 0.245 bits per heavy atom. The Balaban J connectivity index is 1.15. The van der Waals surface area contributed by atoms with Crippen LogP contribution in [-0.2, 0) is 0 Å². The lowest BCUT2D eigenvalue weighted by Gasteiger charge is -2.28. The second-order valence-corrected chi connectivity index (χ2v) is 13.7. The summed E-state index contributed by atoms with van der Waals surface area (Å²) in [6, 6.07) is 77.2. The van der Waals surface area contributed by atoms with Gasteiger partial charge in [-0.1, -0.05) is 182 Å². The van der Waals surface area contributed by atoms with Crippen LogP contribution in [0, 0.1) is 0 Å². The van der Waals surface area contributed by atoms with Crippen LogP contribution in [0.2, 0.25) is 0 Å². The average molecular weight is 674 g/mol. The van der Waals surface area contributed by atoms with E-state index in [2.05, 4.69) is 217 Å². The zero-order valence-corrected chi connectivity index (χ0v) is 29.2. The monoisotopic (exact) mass is 673 g/mol. The van der Waals surface area contributed by atoms with Crippen molar-refractivity contribution in [1.82, 2.24) is 0 Å². The minimum Gasteiger partial charge on any atom is -0.310 e. The summed E-state index contributed by atoms with van der Waals surface area (Å²) in [5.41, 5.74) is 10.7. The molecule has 0 saturated carbocycles. The van der Waals surface area contributed by atoms with E-state index in [0.29, 0.717) is 0 Å². The highest BCUT2D eigenvalue weighted by Gasteiger charge is 2.18. The first-order valence-corrected chi connectivity index (χ1v) is 18.3. The van der Waals surface area contributed by atoms with Gasteiger partial charge in [0.05, 0.1) is 5.69 Å². The number of hydrogen-bond acceptors (Lipinski definition) is 1. The average Bonchev–Trinajstić information content (AvgIpc) is 3.24. The molecule has 248 valence electrons. The highest BCUT2D eigenvalue weighted by atomic mass is 15.1. The molecular formula is C52H35N. The van der Waals surface area contributed by atoms with E-state index in [1.807, 2.05) is 0 Å². The van der Waals surface area contributed by atoms with E-state index in [4.69, 9.17) is 0 Å². The van der Waals surface area contributed by atoms with Gasteiger partial charge in [0.1, 0.15) is 0 Å². The zero-order valence-electron chi connectivity index (χ0n) is 29.2. The summed E-state index contributed by atoms with van der Waals surface area (Å²) in [6.45, 7) is 0. The van der Waals surface area contributed by atoms with E-state index in [9.17, 15) is 0 Å². The molecule has 0 fully saturated rings. The van der Waals surface area contributed by atoms with Gasteiger partial charge in [0.25, 0.3) is 0 Å². The Morgan fingerprint density at radius 2 is 0.736 bits per heavy atom. The molecule has 1 nitrogen and oxygen atoms in total. The summed E-state index contributed by atoms with van der Waals surface area (Å²) in [5.74, 6) is 0. The smallest absolute Gasteiger partial charge is 0.0540 e. The van der Waals surface area contributed by atoms with E-state index >= 15 is 0 Å². The van der Waals surface area contributed by atoms with Crippen molar-refractivity contribution in [1.29, 1.82) is 0 Å². The highest BCUT2D eigenvalue weighted by Crippen LogP contribution is 2.44. The Morgan fingerprint density at radius 3 is 1.43 bits per heavy atom. The second-order valence-electron chi connectivity index (χ2n) is 13.7. The lowest BCUT2D eigenvalue weighted by atomic mass is 9.91. The molecule has 0 bridgehead atoms. The van der Waals surface area contributed by atoms with Gasteiger partial charge in [0.15, 0.2) is 0 Å². The summed E-state index contributed by atoms with van der Waals surface area (Å²) in [4.78, 5) is 2.40. The molecule has 1 heteroatoms. The first kappa shape index (κ1) is 30.8. The quantitative estimate of drug-likeness (QED) is 0.159. The Labute approximate surface area is 309 Å². The van der Waals surface area contributed by atoms with Crippen molar-refractivity contribution in [2.24, 2.45) is 0 Å². The van der Waals surface area contributed by atoms with Crippen LogP contribution in [0.25, 0.3) is 76.5 Å². The van der Waals surface area contributed by atoms with Crippen molar-refractivity contribution in [3.63, 3.8) is 0 Å². The van der Waals surface area contributed by atoms with Gasteiger partial charge >= 0.3 is 0 Å². The molecule has 0 aliphatic heterocycles. The lowest BCUT2D eigenvalue weighted by molar-refractivity contribution is 1.30. The molecule has 10 aromatic rings. The first-order valence-electron chi connectivity index (χ1n) is 18.3. The summed E-state index contributed by atoms with van der Waals surface area (Å²) in [5, 5.41) is 10.1. The predicted molar refractivity (Wildman–Crippen MR) is 227 cm³/mol. The normalized spacial score (nSPS) is 11.4. The van der Waals surface area contributed by atoms with E-state index < -0.39 is 0 Å². The first-order chi connectivity index (χ1) is 26.3. The Kier molecular flexibility index (Phi) is 7.55. The molecule has 53 heavy (non-hydrogen) atoms. The molecular weight excluding hydrogens is 639 g/mol. The van der Waals surface area contributed by atoms with E-state index in [1.165, 1.54) is 76.5 Å². The highest BCUT2D eigenvalue weighted by molar-refractivity contribution is 6.24. The maximum atomic E-state index is 2.40. The molecule has 0 spiro atoms. The molecule has 0 aromatic heterocycles. The van der Waals surface area contributed by atoms with Crippen molar-refractivity contribution in [2.45, 2.75) is 0 Å². The summed E-state index contributed by atoms with van der Waals surface area (Å²) in [7, 11) is 0. The minimum atomic E-state index is 1.11. The molecule has 0 amide bonds. The third kappa shape index (κ3) is 5.42. The second kappa shape index (κ2) is 13.0. The van der Waals surface area contributed by atoms with Crippen molar-refractivity contribution >= 4 is 60.2 Å². The molecule has 0 aliphatic rings. The van der Waals surface area contributed by atoms with Crippen LogP contribution in [0.4, 0.5) is 17.1 Å². The van der Waals surface area contributed by atoms with Gasteiger partial charge in [-0.15, -0.1) is 0 Å². The van der Waals surface area contributed by atoms with Gasteiger partial charge in [-0.2, -0.15) is 0 Å². The van der Waals surface area contributed by atoms with Crippen LogP contribution in [0.3, 0.4) is 0 Å². The molecule has 0 saturated heterocycles. The summed E-state index contributed by atoms with van der Waals surface area (Å²) >= 11 is 0. The van der Waals surface area contributed by atoms with Crippen LogP contribution in [0.15, 0.2) is 212 Å². The number of benzene rings is 10. The van der Waals surface area contributed by atoms with E-state index in [0.717, 1.165) is 17.1 Å². The predicted octanol–water partition coefficient (Wildman–Crippen LogP) is 14.8. The molecule has 0 heterocycles. The van der Waals surface area contributed by atoms with E-state index in [1.54, 1.807) is 0 Å². The Bertz CT molecular complexity index is 2900.